The molecule has 0 aromatic carbocycles. The van der Waals surface area contributed by atoms with E-state index in [9.17, 15) is 14.4 Å². The first kappa shape index (κ1) is 69.2. The maximum Gasteiger partial charge on any atom is 0.309 e. The number of allylic oxidation sites excluding steroid dienone is 31. The van der Waals surface area contributed by atoms with E-state index in [2.05, 4.69) is 203 Å². The molecule has 0 heterocycles. The van der Waals surface area contributed by atoms with Crippen molar-refractivity contribution in [3.8, 4) is 0 Å². The van der Waals surface area contributed by atoms with E-state index < -0.39 is 12.1 Å². The number of carbonyl (C=O) groups is 3. The van der Waals surface area contributed by atoms with Crippen LogP contribution in [0.15, 0.2) is 194 Å². The summed E-state index contributed by atoms with van der Waals surface area (Å²) in [5, 5.41) is 0. The molecule has 0 bridgehead atoms. The standard InChI is InChI=1S/C69H102O6/c1-4-7-10-13-16-19-22-25-28-30-32-33-34-35-37-38-41-44-47-50-53-56-59-62-68(71)74-65-66(64-73-67(70)61-58-55-52-49-46-43-40-27-24-21-18-15-12-9-6-3)75-69(72)63-60-57-54-51-48-45-42-39-36-31-29-26-23-20-17-14-11-8-5-2/h7-12,16-21,25-29,32-33,35-37,39-41,44,46,49-50,53,55,58,66H,4-6,13-15,22-24,30-31,34,38,42-43,45,47-48,51-52,54,56-57,59-65H2,1-3H3/b10-7-,11-8-,12-9-,19-16-,20-17-,21-18-,28-25-,29-26-,33-32-,37-35-,39-36-,40-27-,44-41-,49-46-,53-50-,58-55-. The number of rotatable bonds is 49. The molecule has 0 saturated heterocycles. The lowest BCUT2D eigenvalue weighted by Crippen LogP contribution is -2.30. The average Bonchev–Trinajstić information content (AvgIpc) is 3.41. The summed E-state index contributed by atoms with van der Waals surface area (Å²) in [5.41, 5.74) is 0. The second-order valence-corrected chi connectivity index (χ2v) is 18.1. The van der Waals surface area contributed by atoms with Gasteiger partial charge in [-0.2, -0.15) is 0 Å². The second-order valence-electron chi connectivity index (χ2n) is 18.1. The molecule has 0 aliphatic rings. The smallest absolute Gasteiger partial charge is 0.309 e. The minimum absolute atomic E-state index is 0.102. The van der Waals surface area contributed by atoms with Crippen molar-refractivity contribution < 1.29 is 28.6 Å². The lowest BCUT2D eigenvalue weighted by atomic mass is 10.1. The molecule has 0 aromatic heterocycles. The minimum Gasteiger partial charge on any atom is -0.462 e. The zero-order valence-electron chi connectivity index (χ0n) is 47.2. The largest absolute Gasteiger partial charge is 0.462 e. The first-order valence-electron chi connectivity index (χ1n) is 28.9. The first-order valence-corrected chi connectivity index (χ1v) is 28.9. The predicted molar refractivity (Wildman–Crippen MR) is 324 cm³/mol. The Balaban J connectivity index is 4.65. The molecule has 0 spiro atoms. The van der Waals surface area contributed by atoms with Gasteiger partial charge in [-0.3, -0.25) is 14.4 Å². The molecule has 0 radical (unpaired) electrons. The third-order valence-corrected chi connectivity index (χ3v) is 11.1. The Morgan fingerprint density at radius 1 is 0.280 bits per heavy atom. The third-order valence-electron chi connectivity index (χ3n) is 11.1. The first-order chi connectivity index (χ1) is 37.0. The summed E-state index contributed by atoms with van der Waals surface area (Å²) < 4.78 is 16.7. The molecule has 0 N–H and O–H groups in total. The van der Waals surface area contributed by atoms with Crippen LogP contribution in [-0.4, -0.2) is 37.2 Å². The highest BCUT2D eigenvalue weighted by molar-refractivity contribution is 5.72. The summed E-state index contributed by atoms with van der Waals surface area (Å²) in [6.07, 6.45) is 93.1. The number of esters is 3. The van der Waals surface area contributed by atoms with Crippen LogP contribution in [0.2, 0.25) is 0 Å². The van der Waals surface area contributed by atoms with Crippen LogP contribution < -0.4 is 0 Å². The fourth-order valence-electron chi connectivity index (χ4n) is 6.91. The Hall–Kier alpha value is -5.75. The van der Waals surface area contributed by atoms with Gasteiger partial charge in [0.05, 0.1) is 6.42 Å². The molecule has 0 amide bonds. The zero-order valence-corrected chi connectivity index (χ0v) is 47.2. The highest BCUT2D eigenvalue weighted by Crippen LogP contribution is 2.12. The Bertz CT molecular complexity index is 1850. The van der Waals surface area contributed by atoms with Gasteiger partial charge in [0.15, 0.2) is 6.10 Å². The quantitative estimate of drug-likeness (QED) is 0.0261. The van der Waals surface area contributed by atoms with Crippen molar-refractivity contribution in [1.29, 1.82) is 0 Å². The second kappa shape index (κ2) is 60.8. The zero-order chi connectivity index (χ0) is 54.3. The topological polar surface area (TPSA) is 78.9 Å². The molecule has 0 aliphatic heterocycles. The Morgan fingerprint density at radius 3 is 0.907 bits per heavy atom. The monoisotopic (exact) mass is 1030 g/mol. The fourth-order valence-corrected chi connectivity index (χ4v) is 6.91. The van der Waals surface area contributed by atoms with Gasteiger partial charge < -0.3 is 14.2 Å². The van der Waals surface area contributed by atoms with Crippen LogP contribution in [0.5, 0.6) is 0 Å². The Morgan fingerprint density at radius 2 is 0.547 bits per heavy atom. The van der Waals surface area contributed by atoms with E-state index in [-0.39, 0.29) is 44.4 Å². The van der Waals surface area contributed by atoms with Gasteiger partial charge in [-0.1, -0.05) is 241 Å². The van der Waals surface area contributed by atoms with Gasteiger partial charge in [-0.15, -0.1) is 0 Å². The molecule has 6 nitrogen and oxygen atoms in total. The molecule has 0 aromatic rings. The summed E-state index contributed by atoms with van der Waals surface area (Å²) in [5.74, 6) is -1.17. The number of hydrogen-bond acceptors (Lipinski definition) is 6. The molecule has 75 heavy (non-hydrogen) atoms. The number of ether oxygens (including phenoxy) is 3. The summed E-state index contributed by atoms with van der Waals surface area (Å²) in [4.78, 5) is 38.1. The SMILES string of the molecule is CC/C=C\C/C=C\C/C=C\C/C=C\C/C=C\C/C=C\C/C=C\CCCC(=O)OCC(COC(=O)C/C=C\C/C=C\C/C=C\C/C=C\C/C=C\CC)OC(=O)CCCCCCCC/C=C\C/C=C\C/C=C\C/C=C\CC. The predicted octanol–water partition coefficient (Wildman–Crippen LogP) is 19.9. The van der Waals surface area contributed by atoms with Crippen LogP contribution in [0.3, 0.4) is 0 Å². The fraction of sp³-hybridized carbons (Fsp3) is 0.493. The van der Waals surface area contributed by atoms with Gasteiger partial charge in [0.2, 0.25) is 0 Å². The van der Waals surface area contributed by atoms with Gasteiger partial charge in [-0.05, 0) is 135 Å². The number of unbranched alkanes of at least 4 members (excludes halogenated alkanes) is 7. The number of hydrogen-bond donors (Lipinski definition) is 0. The summed E-state index contributed by atoms with van der Waals surface area (Å²) in [6.45, 7) is 6.12. The maximum absolute atomic E-state index is 12.9. The molecule has 0 aliphatic carbocycles. The van der Waals surface area contributed by atoms with E-state index in [0.717, 1.165) is 141 Å². The molecular formula is C69H102O6. The normalized spacial score (nSPS) is 13.6. The summed E-state index contributed by atoms with van der Waals surface area (Å²) >= 11 is 0. The van der Waals surface area contributed by atoms with Crippen molar-refractivity contribution in [2.24, 2.45) is 0 Å². The van der Waals surface area contributed by atoms with Gasteiger partial charge >= 0.3 is 17.9 Å². The van der Waals surface area contributed by atoms with Crippen LogP contribution in [-0.2, 0) is 28.6 Å². The van der Waals surface area contributed by atoms with Gasteiger partial charge in [0, 0.05) is 12.8 Å². The van der Waals surface area contributed by atoms with Gasteiger partial charge in [0.25, 0.3) is 0 Å². The van der Waals surface area contributed by atoms with E-state index in [0.29, 0.717) is 12.8 Å². The summed E-state index contributed by atoms with van der Waals surface area (Å²) in [7, 11) is 0. The molecule has 0 saturated carbocycles. The highest BCUT2D eigenvalue weighted by Gasteiger charge is 2.19. The van der Waals surface area contributed by atoms with E-state index in [1.54, 1.807) is 6.08 Å². The molecule has 6 heteroatoms. The van der Waals surface area contributed by atoms with Crippen LogP contribution in [0.4, 0.5) is 0 Å². The Kier molecular flexibility index (Phi) is 56.1. The van der Waals surface area contributed by atoms with Crippen LogP contribution in [0, 0.1) is 0 Å². The lowest BCUT2D eigenvalue weighted by molar-refractivity contribution is -0.166. The van der Waals surface area contributed by atoms with Crippen molar-refractivity contribution in [3.05, 3.63) is 194 Å². The molecule has 414 valence electrons. The van der Waals surface area contributed by atoms with E-state index in [1.807, 2.05) is 6.08 Å². The minimum atomic E-state index is -0.863. The van der Waals surface area contributed by atoms with Crippen molar-refractivity contribution in [2.75, 3.05) is 13.2 Å². The van der Waals surface area contributed by atoms with Gasteiger partial charge in [0.1, 0.15) is 13.2 Å². The highest BCUT2D eigenvalue weighted by atomic mass is 16.6. The van der Waals surface area contributed by atoms with E-state index in [4.69, 9.17) is 14.2 Å². The van der Waals surface area contributed by atoms with Crippen molar-refractivity contribution in [2.45, 2.75) is 207 Å². The van der Waals surface area contributed by atoms with Crippen molar-refractivity contribution >= 4 is 17.9 Å². The van der Waals surface area contributed by atoms with Crippen LogP contribution >= 0.6 is 0 Å². The van der Waals surface area contributed by atoms with Crippen LogP contribution in [0.1, 0.15) is 201 Å². The molecular weight excluding hydrogens is 925 g/mol. The molecule has 0 rings (SSSR count). The lowest BCUT2D eigenvalue weighted by Gasteiger charge is -2.18. The summed E-state index contributed by atoms with van der Waals surface area (Å²) in [6, 6.07) is 0. The maximum atomic E-state index is 12.9. The molecule has 1 unspecified atom stereocenters. The third kappa shape index (κ3) is 59.0. The molecule has 0 fully saturated rings. The molecule has 1 atom stereocenters. The van der Waals surface area contributed by atoms with Crippen molar-refractivity contribution in [1.82, 2.24) is 0 Å². The Labute approximate surface area is 458 Å². The van der Waals surface area contributed by atoms with Gasteiger partial charge in [-0.25, -0.2) is 0 Å². The van der Waals surface area contributed by atoms with E-state index in [1.165, 1.54) is 6.42 Å². The average molecular weight is 1030 g/mol. The van der Waals surface area contributed by atoms with Crippen molar-refractivity contribution in [3.63, 3.8) is 0 Å². The van der Waals surface area contributed by atoms with Crippen LogP contribution in [0.25, 0.3) is 0 Å². The number of carbonyl (C=O) groups excluding carboxylic acids is 3. The van der Waals surface area contributed by atoms with E-state index >= 15 is 0 Å².